The Morgan fingerprint density at radius 1 is 1.10 bits per heavy atom. The van der Waals surface area contributed by atoms with Crippen LogP contribution >= 0.6 is 0 Å². The van der Waals surface area contributed by atoms with E-state index in [1.807, 2.05) is 6.92 Å². The van der Waals surface area contributed by atoms with Crippen LogP contribution in [0.15, 0.2) is 0 Å². The van der Waals surface area contributed by atoms with Gasteiger partial charge in [-0.3, -0.25) is 0 Å². The molecule has 2 aliphatic rings. The van der Waals surface area contributed by atoms with E-state index in [-0.39, 0.29) is 24.6 Å². The predicted octanol–water partition coefficient (Wildman–Crippen LogP) is 1.14. The van der Waals surface area contributed by atoms with Crippen molar-refractivity contribution in [1.82, 2.24) is 9.80 Å². The maximum absolute atomic E-state index is 12.7. The molecule has 2 amide bonds. The Balaban J connectivity index is 2.14. The summed E-state index contributed by atoms with van der Waals surface area (Å²) in [7, 11) is 0. The van der Waals surface area contributed by atoms with Gasteiger partial charge in [-0.25, -0.2) is 9.59 Å². The summed E-state index contributed by atoms with van der Waals surface area (Å²) in [5.74, 6) is -0.949. The van der Waals surface area contributed by atoms with Crippen molar-refractivity contribution in [2.45, 2.75) is 51.1 Å². The number of aliphatic carboxylic acids is 1. The van der Waals surface area contributed by atoms with Crippen molar-refractivity contribution in [1.29, 1.82) is 0 Å². The quantitative estimate of drug-likeness (QED) is 0.796. The molecule has 0 spiro atoms. The van der Waals surface area contributed by atoms with Crippen LogP contribution in [0.25, 0.3) is 0 Å². The number of nitrogens with zero attached hydrogens (tertiary/aromatic N) is 2. The predicted molar refractivity (Wildman–Crippen MR) is 73.4 cm³/mol. The van der Waals surface area contributed by atoms with Crippen LogP contribution < -0.4 is 0 Å². The number of aliphatic hydroxyl groups excluding tert-OH is 1. The monoisotopic (exact) mass is 284 g/mol. The number of likely N-dealkylation sites (tertiary alicyclic amines) is 2. The van der Waals surface area contributed by atoms with Crippen molar-refractivity contribution in [3.63, 3.8) is 0 Å². The topological polar surface area (TPSA) is 81.1 Å². The van der Waals surface area contributed by atoms with E-state index in [1.54, 1.807) is 4.90 Å². The third-order valence-corrected chi connectivity index (χ3v) is 4.53. The molecule has 3 unspecified atom stereocenters. The van der Waals surface area contributed by atoms with Gasteiger partial charge in [0, 0.05) is 13.1 Å². The number of hydrogen-bond donors (Lipinski definition) is 2. The number of carbonyl (C=O) groups is 2. The summed E-state index contributed by atoms with van der Waals surface area (Å²) in [5, 5.41) is 18.8. The third-order valence-electron chi connectivity index (χ3n) is 4.53. The molecule has 2 heterocycles. The van der Waals surface area contributed by atoms with Crippen molar-refractivity contribution in [3.05, 3.63) is 0 Å². The molecule has 0 aromatic heterocycles. The van der Waals surface area contributed by atoms with E-state index in [0.717, 1.165) is 32.1 Å². The fourth-order valence-corrected chi connectivity index (χ4v) is 3.32. The minimum absolute atomic E-state index is 0.0176. The fraction of sp³-hybridized carbons (Fsp3) is 0.857. The van der Waals surface area contributed by atoms with E-state index in [1.165, 1.54) is 4.90 Å². The molecule has 6 nitrogen and oxygen atoms in total. The summed E-state index contributed by atoms with van der Waals surface area (Å²) in [6.07, 6.45) is 4.50. The number of carbonyl (C=O) groups excluding carboxylic acids is 1. The summed E-state index contributed by atoms with van der Waals surface area (Å²) < 4.78 is 0. The van der Waals surface area contributed by atoms with E-state index < -0.39 is 12.0 Å². The molecule has 6 heteroatoms. The highest BCUT2D eigenvalue weighted by Crippen LogP contribution is 2.27. The van der Waals surface area contributed by atoms with Gasteiger partial charge in [0.1, 0.15) is 6.04 Å². The van der Waals surface area contributed by atoms with Crippen molar-refractivity contribution in [3.8, 4) is 0 Å². The molecule has 0 radical (unpaired) electrons. The zero-order chi connectivity index (χ0) is 14.7. The Morgan fingerprint density at radius 3 is 2.50 bits per heavy atom. The first kappa shape index (κ1) is 15.1. The molecule has 0 bridgehead atoms. The number of carboxylic acids is 1. The standard InChI is InChI=1S/C14H24N2O4/c1-10-6-8-16(12(10)13(18)19)14(20)15-7-4-2-3-5-11(15)9-17/h10-12,17H,2-9H2,1H3,(H,18,19). The molecule has 0 saturated carbocycles. The van der Waals surface area contributed by atoms with Gasteiger partial charge in [-0.2, -0.15) is 0 Å². The summed E-state index contributed by atoms with van der Waals surface area (Å²) in [4.78, 5) is 27.2. The van der Waals surface area contributed by atoms with Gasteiger partial charge < -0.3 is 20.0 Å². The average molecular weight is 284 g/mol. The third kappa shape index (κ3) is 2.90. The molecule has 2 aliphatic heterocycles. The van der Waals surface area contributed by atoms with Crippen LogP contribution in [-0.2, 0) is 4.79 Å². The minimum atomic E-state index is -0.932. The number of hydrogen-bond acceptors (Lipinski definition) is 3. The van der Waals surface area contributed by atoms with E-state index in [2.05, 4.69) is 0 Å². The van der Waals surface area contributed by atoms with Crippen molar-refractivity contribution in [2.24, 2.45) is 5.92 Å². The maximum atomic E-state index is 12.7. The van der Waals surface area contributed by atoms with Gasteiger partial charge >= 0.3 is 12.0 Å². The van der Waals surface area contributed by atoms with E-state index in [0.29, 0.717) is 13.1 Å². The molecule has 2 N–H and O–H groups in total. The molecule has 20 heavy (non-hydrogen) atoms. The number of aliphatic hydroxyl groups is 1. The smallest absolute Gasteiger partial charge is 0.326 e. The van der Waals surface area contributed by atoms with Crippen LogP contribution in [-0.4, -0.2) is 63.8 Å². The number of amides is 2. The second kappa shape index (κ2) is 6.43. The largest absolute Gasteiger partial charge is 0.480 e. The molecule has 2 saturated heterocycles. The van der Waals surface area contributed by atoms with E-state index >= 15 is 0 Å². The lowest BCUT2D eigenvalue weighted by Gasteiger charge is -2.34. The van der Waals surface area contributed by atoms with Crippen LogP contribution in [0.2, 0.25) is 0 Å². The van der Waals surface area contributed by atoms with Gasteiger partial charge in [-0.1, -0.05) is 19.8 Å². The molecule has 0 aromatic carbocycles. The first-order valence-corrected chi connectivity index (χ1v) is 7.47. The first-order chi connectivity index (χ1) is 9.56. The lowest BCUT2D eigenvalue weighted by Crippen LogP contribution is -2.53. The molecular weight excluding hydrogens is 260 g/mol. The SMILES string of the molecule is CC1CCN(C(=O)N2CCCCCC2CO)C1C(=O)O. The van der Waals surface area contributed by atoms with E-state index in [4.69, 9.17) is 0 Å². The summed E-state index contributed by atoms with van der Waals surface area (Å²) in [6.45, 7) is 2.93. The highest BCUT2D eigenvalue weighted by Gasteiger charge is 2.42. The fourth-order valence-electron chi connectivity index (χ4n) is 3.32. The molecule has 3 atom stereocenters. The van der Waals surface area contributed by atoms with Crippen LogP contribution in [0, 0.1) is 5.92 Å². The molecule has 2 rings (SSSR count). The number of carboxylic acid groups (broad SMARTS) is 1. The zero-order valence-corrected chi connectivity index (χ0v) is 12.0. The summed E-state index contributed by atoms with van der Waals surface area (Å²) >= 11 is 0. The van der Waals surface area contributed by atoms with Crippen molar-refractivity contribution >= 4 is 12.0 Å². The van der Waals surface area contributed by atoms with Gasteiger partial charge in [-0.05, 0) is 25.2 Å². The maximum Gasteiger partial charge on any atom is 0.326 e. The number of urea groups is 1. The van der Waals surface area contributed by atoms with Crippen LogP contribution in [0.4, 0.5) is 4.79 Å². The summed E-state index contributed by atoms with van der Waals surface area (Å²) in [6, 6.07) is -1.12. The van der Waals surface area contributed by atoms with Crippen molar-refractivity contribution in [2.75, 3.05) is 19.7 Å². The molecular formula is C14H24N2O4. The second-order valence-electron chi connectivity index (χ2n) is 5.90. The van der Waals surface area contributed by atoms with Crippen LogP contribution in [0.1, 0.15) is 39.0 Å². The molecule has 0 aliphatic carbocycles. The molecule has 0 aromatic rings. The van der Waals surface area contributed by atoms with Crippen LogP contribution in [0.3, 0.4) is 0 Å². The lowest BCUT2D eigenvalue weighted by atomic mass is 10.0. The van der Waals surface area contributed by atoms with Gasteiger partial charge in [0.2, 0.25) is 0 Å². The Bertz CT molecular complexity index is 374. The Hall–Kier alpha value is -1.30. The van der Waals surface area contributed by atoms with Gasteiger partial charge in [0.15, 0.2) is 0 Å². The Morgan fingerprint density at radius 2 is 1.85 bits per heavy atom. The Kier molecular flexibility index (Phi) is 4.86. The zero-order valence-electron chi connectivity index (χ0n) is 12.0. The minimum Gasteiger partial charge on any atom is -0.480 e. The van der Waals surface area contributed by atoms with Crippen molar-refractivity contribution < 1.29 is 19.8 Å². The number of rotatable bonds is 2. The van der Waals surface area contributed by atoms with Gasteiger partial charge in [-0.15, -0.1) is 0 Å². The van der Waals surface area contributed by atoms with Gasteiger partial charge in [0.25, 0.3) is 0 Å². The first-order valence-electron chi connectivity index (χ1n) is 7.47. The highest BCUT2D eigenvalue weighted by atomic mass is 16.4. The van der Waals surface area contributed by atoms with Crippen LogP contribution in [0.5, 0.6) is 0 Å². The Labute approximate surface area is 119 Å². The molecule has 2 fully saturated rings. The van der Waals surface area contributed by atoms with Gasteiger partial charge in [0.05, 0.1) is 12.6 Å². The average Bonchev–Trinajstić information content (AvgIpc) is 2.66. The highest BCUT2D eigenvalue weighted by molar-refractivity contribution is 5.83. The lowest BCUT2D eigenvalue weighted by molar-refractivity contribution is -0.142. The normalized spacial score (nSPS) is 31.2. The summed E-state index contributed by atoms with van der Waals surface area (Å²) in [5.41, 5.74) is 0. The molecule has 114 valence electrons. The second-order valence-corrected chi connectivity index (χ2v) is 5.90. The van der Waals surface area contributed by atoms with E-state index in [9.17, 15) is 19.8 Å².